The summed E-state index contributed by atoms with van der Waals surface area (Å²) in [4.78, 5) is 21.5. The number of nitrogens with two attached hydrogens (primary N) is 1. The lowest BCUT2D eigenvalue weighted by atomic mass is 10.1. The van der Waals surface area contributed by atoms with Gasteiger partial charge in [0.2, 0.25) is 0 Å². The van der Waals surface area contributed by atoms with E-state index in [4.69, 9.17) is 10.5 Å². The van der Waals surface area contributed by atoms with Crippen molar-refractivity contribution >= 4 is 17.5 Å². The monoisotopic (exact) mass is 343 g/mol. The first-order valence-electron chi connectivity index (χ1n) is 7.14. The summed E-state index contributed by atoms with van der Waals surface area (Å²) >= 11 is 0. The van der Waals surface area contributed by atoms with Crippen LogP contribution in [0.2, 0.25) is 0 Å². The van der Waals surface area contributed by atoms with Crippen LogP contribution in [0.3, 0.4) is 0 Å². The molecule has 2 aromatic carbocycles. The van der Waals surface area contributed by atoms with Gasteiger partial charge in [0.05, 0.1) is 23.1 Å². The molecule has 0 aliphatic rings. The molecule has 2 rings (SSSR count). The zero-order valence-electron chi connectivity index (χ0n) is 13.0. The molecule has 0 aliphatic heterocycles. The van der Waals surface area contributed by atoms with E-state index < -0.39 is 22.5 Å². The maximum Gasteiger partial charge on any atom is 0.408 e. The Balaban J connectivity index is 1.90. The summed E-state index contributed by atoms with van der Waals surface area (Å²) in [7, 11) is 0. The third-order valence-corrected chi connectivity index (χ3v) is 3.08. The summed E-state index contributed by atoms with van der Waals surface area (Å²) in [5, 5.41) is 13.2. The van der Waals surface area contributed by atoms with Gasteiger partial charge in [0.15, 0.2) is 0 Å². The van der Waals surface area contributed by atoms with Gasteiger partial charge in [-0.2, -0.15) is 0 Å². The Hall–Kier alpha value is -3.60. The van der Waals surface area contributed by atoms with Crippen LogP contribution in [0.25, 0.3) is 0 Å². The van der Waals surface area contributed by atoms with E-state index >= 15 is 0 Å². The van der Waals surface area contributed by atoms with Crippen molar-refractivity contribution in [3.8, 4) is 11.8 Å². The van der Waals surface area contributed by atoms with E-state index in [-0.39, 0.29) is 24.4 Å². The SMILES string of the molecule is Nc1c(C#CCNC(=O)OCc2ccccc2)cc(F)cc1[N+](=O)[O-]. The van der Waals surface area contributed by atoms with Crippen molar-refractivity contribution < 1.29 is 18.8 Å². The van der Waals surface area contributed by atoms with Crippen LogP contribution >= 0.6 is 0 Å². The smallest absolute Gasteiger partial charge is 0.408 e. The lowest BCUT2D eigenvalue weighted by Gasteiger charge is -2.04. The molecule has 0 heterocycles. The number of hydrogen-bond donors (Lipinski definition) is 2. The number of nitrogen functional groups attached to an aromatic ring is 1. The van der Waals surface area contributed by atoms with E-state index in [2.05, 4.69) is 17.2 Å². The molecule has 0 saturated carbocycles. The number of nitro groups is 1. The minimum Gasteiger partial charge on any atom is -0.445 e. The molecule has 0 bridgehead atoms. The molecule has 0 fully saturated rings. The van der Waals surface area contributed by atoms with Gasteiger partial charge in [0.25, 0.3) is 5.69 Å². The third-order valence-electron chi connectivity index (χ3n) is 3.08. The Morgan fingerprint density at radius 3 is 2.72 bits per heavy atom. The zero-order chi connectivity index (χ0) is 18.2. The van der Waals surface area contributed by atoms with Crippen LogP contribution < -0.4 is 11.1 Å². The van der Waals surface area contributed by atoms with Crippen molar-refractivity contribution in [2.24, 2.45) is 0 Å². The highest BCUT2D eigenvalue weighted by molar-refractivity contribution is 5.69. The quantitative estimate of drug-likeness (QED) is 0.384. The van der Waals surface area contributed by atoms with Crippen LogP contribution in [-0.4, -0.2) is 17.6 Å². The fourth-order valence-corrected chi connectivity index (χ4v) is 1.89. The number of nitro benzene ring substituents is 1. The molecule has 128 valence electrons. The van der Waals surface area contributed by atoms with Gasteiger partial charge in [-0.1, -0.05) is 42.2 Å². The van der Waals surface area contributed by atoms with E-state index in [1.165, 1.54) is 0 Å². The Bertz CT molecular complexity index is 844. The Morgan fingerprint density at radius 2 is 2.04 bits per heavy atom. The molecule has 0 aliphatic carbocycles. The van der Waals surface area contributed by atoms with Crippen LogP contribution in [0.1, 0.15) is 11.1 Å². The second-order valence-electron chi connectivity index (χ2n) is 4.86. The fourth-order valence-electron chi connectivity index (χ4n) is 1.89. The highest BCUT2D eigenvalue weighted by Gasteiger charge is 2.16. The van der Waals surface area contributed by atoms with E-state index in [1.807, 2.05) is 30.3 Å². The number of hydrogen-bond acceptors (Lipinski definition) is 5. The number of carbonyl (C=O) groups is 1. The maximum atomic E-state index is 13.3. The second-order valence-corrected chi connectivity index (χ2v) is 4.86. The summed E-state index contributed by atoms with van der Waals surface area (Å²) < 4.78 is 18.3. The van der Waals surface area contributed by atoms with Gasteiger partial charge in [-0.3, -0.25) is 10.1 Å². The second kappa shape index (κ2) is 8.31. The maximum absolute atomic E-state index is 13.3. The summed E-state index contributed by atoms with van der Waals surface area (Å²) in [6, 6.07) is 10.8. The average molecular weight is 343 g/mol. The molecule has 0 unspecified atom stereocenters. The zero-order valence-corrected chi connectivity index (χ0v) is 13.0. The minimum absolute atomic E-state index is 0.0221. The van der Waals surface area contributed by atoms with Gasteiger partial charge >= 0.3 is 6.09 Å². The Kier molecular flexibility index (Phi) is 5.90. The summed E-state index contributed by atoms with van der Waals surface area (Å²) in [5.74, 6) is 4.20. The number of nitrogens with one attached hydrogen (secondary N) is 1. The Labute approximate surface area is 142 Å². The van der Waals surface area contributed by atoms with Crippen LogP contribution in [-0.2, 0) is 11.3 Å². The van der Waals surface area contributed by atoms with Crippen molar-refractivity contribution in [3.63, 3.8) is 0 Å². The average Bonchev–Trinajstić information content (AvgIpc) is 2.60. The van der Waals surface area contributed by atoms with Crippen molar-refractivity contribution in [2.75, 3.05) is 12.3 Å². The van der Waals surface area contributed by atoms with E-state index in [1.54, 1.807) is 0 Å². The van der Waals surface area contributed by atoms with Gasteiger partial charge in [0.1, 0.15) is 18.1 Å². The molecule has 0 aromatic heterocycles. The number of alkyl carbamates (subject to hydrolysis) is 1. The number of rotatable bonds is 4. The van der Waals surface area contributed by atoms with Gasteiger partial charge in [0, 0.05) is 0 Å². The molecule has 0 atom stereocenters. The molecule has 0 saturated heterocycles. The summed E-state index contributed by atoms with van der Waals surface area (Å²) in [6.07, 6.45) is -0.670. The first-order valence-corrected chi connectivity index (χ1v) is 7.14. The third kappa shape index (κ3) is 5.21. The largest absolute Gasteiger partial charge is 0.445 e. The van der Waals surface area contributed by atoms with Gasteiger partial charge in [-0.05, 0) is 11.6 Å². The van der Waals surface area contributed by atoms with Crippen molar-refractivity contribution in [2.45, 2.75) is 6.61 Å². The van der Waals surface area contributed by atoms with Gasteiger partial charge in [-0.15, -0.1) is 0 Å². The predicted octanol–water partition coefficient (Wildman–Crippen LogP) is 2.59. The molecule has 0 radical (unpaired) electrons. The highest BCUT2D eigenvalue weighted by Crippen LogP contribution is 2.25. The van der Waals surface area contributed by atoms with Crippen molar-refractivity contribution in [1.82, 2.24) is 5.32 Å². The molecule has 0 spiro atoms. The molecule has 1 amide bonds. The van der Waals surface area contributed by atoms with Crippen LogP contribution in [0, 0.1) is 27.8 Å². The molecule has 3 N–H and O–H groups in total. The number of halogens is 1. The van der Waals surface area contributed by atoms with Crippen LogP contribution in [0.15, 0.2) is 42.5 Å². The van der Waals surface area contributed by atoms with Crippen molar-refractivity contribution in [3.05, 3.63) is 69.5 Å². The number of amides is 1. The first-order chi connectivity index (χ1) is 12.0. The predicted molar refractivity (Wildman–Crippen MR) is 89.0 cm³/mol. The lowest BCUT2D eigenvalue weighted by molar-refractivity contribution is -0.384. The molecule has 2 aromatic rings. The highest BCUT2D eigenvalue weighted by atomic mass is 19.1. The van der Waals surface area contributed by atoms with E-state index in [0.29, 0.717) is 0 Å². The molecule has 8 heteroatoms. The van der Waals surface area contributed by atoms with Crippen LogP contribution in [0.5, 0.6) is 0 Å². The topological polar surface area (TPSA) is 107 Å². The number of ether oxygens (including phenoxy) is 1. The van der Waals surface area contributed by atoms with Crippen LogP contribution in [0.4, 0.5) is 20.6 Å². The fraction of sp³-hybridized carbons (Fsp3) is 0.118. The molecule has 7 nitrogen and oxygen atoms in total. The number of anilines is 1. The van der Waals surface area contributed by atoms with Gasteiger partial charge < -0.3 is 15.8 Å². The van der Waals surface area contributed by atoms with E-state index in [9.17, 15) is 19.3 Å². The summed E-state index contributed by atoms with van der Waals surface area (Å²) in [6.45, 7) is 0.0283. The standard InChI is InChI=1S/C17H14FN3O4/c18-14-9-13(16(19)15(10-14)21(23)24)7-4-8-20-17(22)25-11-12-5-2-1-3-6-12/h1-3,5-6,9-10H,8,11,19H2,(H,20,22). The molecular weight excluding hydrogens is 329 g/mol. The van der Waals surface area contributed by atoms with Crippen molar-refractivity contribution in [1.29, 1.82) is 0 Å². The molecule has 25 heavy (non-hydrogen) atoms. The number of benzene rings is 2. The normalized spacial score (nSPS) is 9.64. The number of nitrogens with zero attached hydrogens (tertiary/aromatic N) is 1. The lowest BCUT2D eigenvalue weighted by Crippen LogP contribution is -2.24. The first kappa shape index (κ1) is 17.7. The molecular formula is C17H14FN3O4. The van der Waals surface area contributed by atoms with Gasteiger partial charge in [-0.25, -0.2) is 9.18 Å². The minimum atomic E-state index is -0.819. The number of carbonyl (C=O) groups excluding carboxylic acids is 1. The summed E-state index contributed by atoms with van der Waals surface area (Å²) in [5.41, 5.74) is 5.61. The van der Waals surface area contributed by atoms with E-state index in [0.717, 1.165) is 17.7 Å². The Morgan fingerprint density at radius 1 is 1.32 bits per heavy atom.